The van der Waals surface area contributed by atoms with Crippen LogP contribution in [0.1, 0.15) is 49.9 Å². The average Bonchev–Trinajstić information content (AvgIpc) is 1.53. The summed E-state index contributed by atoms with van der Waals surface area (Å²) in [5, 5.41) is 20.4. The highest BCUT2D eigenvalue weighted by Crippen LogP contribution is 2.56. The molecule has 2 aliphatic carbocycles. The van der Waals surface area contributed by atoms with Crippen LogP contribution in [0.15, 0.2) is 388 Å². The first-order valence-electron chi connectivity index (χ1n) is 38.7. The zero-order chi connectivity index (χ0) is 73.3. The second-order valence-electron chi connectivity index (χ2n) is 31.2. The molecule has 0 radical (unpaired) electrons. The van der Waals surface area contributed by atoms with Crippen LogP contribution < -0.4 is 0 Å². The van der Waals surface area contributed by atoms with E-state index in [-0.39, 0.29) is 10.8 Å². The zero-order valence-electron chi connectivity index (χ0n) is 62.0. The Morgan fingerprint density at radius 1 is 0.145 bits per heavy atom. The van der Waals surface area contributed by atoms with Gasteiger partial charge in [-0.2, -0.15) is 0 Å². The lowest BCUT2D eigenvalue weighted by molar-refractivity contribution is 0.663. The van der Waals surface area contributed by atoms with Crippen molar-refractivity contribution in [3.05, 3.63) is 411 Å². The van der Waals surface area contributed by atoms with Crippen molar-refractivity contribution in [2.45, 2.75) is 38.5 Å². The first kappa shape index (κ1) is 64.8. The Labute approximate surface area is 642 Å². The highest BCUT2D eigenvalue weighted by Gasteiger charge is 2.40. The fourth-order valence-corrected chi connectivity index (χ4v) is 19.4. The lowest BCUT2D eigenvalue weighted by Gasteiger charge is -2.25. The fraction of sp³-hybridized carbons (Fsp3) is 0.0545. The summed E-state index contributed by atoms with van der Waals surface area (Å²) in [4.78, 5) is 0. The van der Waals surface area contributed by atoms with Crippen molar-refractivity contribution in [2.24, 2.45) is 0 Å². The van der Waals surface area contributed by atoms with Gasteiger partial charge in [0.1, 0.15) is 0 Å². The van der Waals surface area contributed by atoms with Crippen molar-refractivity contribution in [1.82, 2.24) is 0 Å². The van der Waals surface area contributed by atoms with Crippen molar-refractivity contribution in [3.8, 4) is 111 Å². The summed E-state index contributed by atoms with van der Waals surface area (Å²) in [5.41, 5.74) is 31.0. The highest BCUT2D eigenvalue weighted by atomic mass is 14.4. The van der Waals surface area contributed by atoms with E-state index >= 15 is 0 Å². The molecular formula is C110H76. The summed E-state index contributed by atoms with van der Waals surface area (Å²) in [6.45, 7) is 9.56. The van der Waals surface area contributed by atoms with Crippen LogP contribution in [0.25, 0.3) is 197 Å². The first-order chi connectivity index (χ1) is 54.1. The van der Waals surface area contributed by atoms with Gasteiger partial charge in [-0.15, -0.1) is 0 Å². The van der Waals surface area contributed by atoms with Crippen LogP contribution in [0.2, 0.25) is 0 Å². The Balaban J connectivity index is 0.000000140. The second kappa shape index (κ2) is 25.6. The van der Waals surface area contributed by atoms with Crippen molar-refractivity contribution in [1.29, 1.82) is 0 Å². The molecule has 0 amide bonds. The number of rotatable bonds is 8. The van der Waals surface area contributed by atoms with Crippen LogP contribution in [0, 0.1) is 0 Å². The van der Waals surface area contributed by atoms with E-state index in [0.717, 1.165) is 0 Å². The van der Waals surface area contributed by atoms with E-state index in [1.807, 2.05) is 0 Å². The Hall–Kier alpha value is -13.5. The van der Waals surface area contributed by atoms with Crippen molar-refractivity contribution in [2.75, 3.05) is 0 Å². The summed E-state index contributed by atoms with van der Waals surface area (Å²) >= 11 is 0. The average molecular weight is 1400 g/mol. The smallest absolute Gasteiger partial charge is 0.0165 e. The van der Waals surface area contributed by atoms with Crippen LogP contribution in [-0.2, 0) is 10.8 Å². The Kier molecular flexibility index (Phi) is 15.1. The summed E-state index contributed by atoms with van der Waals surface area (Å²) < 4.78 is 0. The van der Waals surface area contributed by atoms with Crippen molar-refractivity contribution < 1.29 is 0 Å². The molecule has 0 spiro atoms. The molecule has 0 unspecified atom stereocenters. The van der Waals surface area contributed by atoms with Crippen molar-refractivity contribution >= 4 is 86.2 Å². The van der Waals surface area contributed by atoms with E-state index in [4.69, 9.17) is 0 Å². The second-order valence-corrected chi connectivity index (χ2v) is 31.2. The number of benzene rings is 20. The molecule has 20 aromatic rings. The van der Waals surface area contributed by atoms with Gasteiger partial charge in [0, 0.05) is 10.8 Å². The van der Waals surface area contributed by atoms with Gasteiger partial charge >= 0.3 is 0 Å². The van der Waals surface area contributed by atoms with Gasteiger partial charge in [-0.1, -0.05) is 380 Å². The minimum Gasteiger partial charge on any atom is -0.0616 e. The molecule has 0 heterocycles. The molecule has 110 heavy (non-hydrogen) atoms. The van der Waals surface area contributed by atoms with Crippen LogP contribution in [0.5, 0.6) is 0 Å². The van der Waals surface area contributed by atoms with Gasteiger partial charge in [0.05, 0.1) is 0 Å². The molecule has 0 bridgehead atoms. The third-order valence-electron chi connectivity index (χ3n) is 24.4. The largest absolute Gasteiger partial charge is 0.0616 e. The molecule has 0 aliphatic heterocycles. The van der Waals surface area contributed by atoms with E-state index in [2.05, 4.69) is 416 Å². The van der Waals surface area contributed by atoms with Gasteiger partial charge in [0.2, 0.25) is 0 Å². The van der Waals surface area contributed by atoms with Gasteiger partial charge in [0.25, 0.3) is 0 Å². The molecule has 22 rings (SSSR count). The molecule has 0 fully saturated rings. The van der Waals surface area contributed by atoms with Crippen LogP contribution in [0.4, 0.5) is 0 Å². The molecule has 20 aromatic carbocycles. The molecule has 0 heteroatoms. The lowest BCUT2D eigenvalue weighted by Crippen LogP contribution is -2.16. The fourth-order valence-electron chi connectivity index (χ4n) is 19.4. The molecule has 2 aliphatic rings. The predicted molar refractivity (Wildman–Crippen MR) is 472 cm³/mol. The first-order valence-corrected chi connectivity index (χ1v) is 38.7. The molecule has 0 nitrogen and oxygen atoms in total. The monoisotopic (exact) mass is 1400 g/mol. The maximum absolute atomic E-state index is 2.41. The predicted octanol–water partition coefficient (Wildman–Crippen LogP) is 30.5. The Bertz CT molecular complexity index is 7060. The van der Waals surface area contributed by atoms with Gasteiger partial charge in [-0.05, 0) is 256 Å². The third kappa shape index (κ3) is 10.3. The van der Waals surface area contributed by atoms with Gasteiger partial charge in [-0.3, -0.25) is 0 Å². The van der Waals surface area contributed by atoms with E-state index < -0.39 is 0 Å². The quantitative estimate of drug-likeness (QED) is 0.133. The number of hydrogen-bond donors (Lipinski definition) is 0. The molecule has 516 valence electrons. The Morgan fingerprint density at radius 2 is 0.436 bits per heavy atom. The van der Waals surface area contributed by atoms with E-state index in [9.17, 15) is 0 Å². The maximum Gasteiger partial charge on any atom is 0.0165 e. The molecule has 0 atom stereocenters. The topological polar surface area (TPSA) is 0 Å². The summed E-state index contributed by atoms with van der Waals surface area (Å²) in [7, 11) is 0. The SMILES string of the molecule is CC1(C)c2cc3ccccc3cc2-c2cccc(-c3ccc(-c4c5ccccc5c(-c5cccc(-c6cccc7ccccc67)c5)c5ccccc45)cc3)c21.CC1(C)c2cc3ccccc3cc2-c2cccc(-c3ccc(-c4c5ccccc5c(-c5ccccc5-c5ccc6ccccc6c5)c5ccccc45)cc3)c21. The molecule has 0 N–H and O–H groups in total. The third-order valence-corrected chi connectivity index (χ3v) is 24.4. The zero-order valence-corrected chi connectivity index (χ0v) is 62.0. The lowest BCUT2D eigenvalue weighted by atomic mass is 9.78. The summed E-state index contributed by atoms with van der Waals surface area (Å²) in [5.74, 6) is 0. The normalized spacial score (nSPS) is 13.1. The van der Waals surface area contributed by atoms with E-state index in [1.54, 1.807) is 0 Å². The minimum atomic E-state index is -0.116. The van der Waals surface area contributed by atoms with Crippen LogP contribution >= 0.6 is 0 Å². The standard InChI is InChI=1S/2C55H38/c1-55(2)51-34-39-16-4-3-15-38(39)33-50(51)49-27-13-26-44(54(49)55)36-28-30-37(31-29-36)52-45-21-7-9-23-47(45)53(48-24-10-8-22-46(48)52)41-19-11-18-40(32-41)43-25-12-17-35-14-5-6-20-42(35)43;1-55(2)51-34-40-17-6-5-16-39(40)33-50(51)49-25-13-24-43(54(49)55)36-27-29-37(30-28-36)52-45-20-9-11-22-47(45)53(48-23-12-10-21-46(48)52)44-19-8-7-18-42(44)41-31-26-35-14-3-4-15-38(35)32-41/h2*3-34H,1-2H3. The van der Waals surface area contributed by atoms with Gasteiger partial charge < -0.3 is 0 Å². The van der Waals surface area contributed by atoms with Crippen LogP contribution in [0.3, 0.4) is 0 Å². The molecule has 0 saturated heterocycles. The Morgan fingerprint density at radius 3 is 0.909 bits per heavy atom. The summed E-state index contributed by atoms with van der Waals surface area (Å²) in [6, 6.07) is 144. The molecule has 0 saturated carbocycles. The van der Waals surface area contributed by atoms with Gasteiger partial charge in [-0.25, -0.2) is 0 Å². The van der Waals surface area contributed by atoms with Crippen molar-refractivity contribution in [3.63, 3.8) is 0 Å². The molecular weight excluding hydrogens is 1320 g/mol. The summed E-state index contributed by atoms with van der Waals surface area (Å²) in [6.07, 6.45) is 0. The number of hydrogen-bond acceptors (Lipinski definition) is 0. The minimum absolute atomic E-state index is 0.114. The highest BCUT2D eigenvalue weighted by molar-refractivity contribution is 6.24. The van der Waals surface area contributed by atoms with E-state index in [0.29, 0.717) is 0 Å². The molecule has 0 aromatic heterocycles. The maximum atomic E-state index is 2.41. The van der Waals surface area contributed by atoms with E-state index in [1.165, 1.54) is 220 Å². The number of fused-ring (bicyclic) bond motifs is 14. The van der Waals surface area contributed by atoms with Gasteiger partial charge in [0.15, 0.2) is 0 Å². The van der Waals surface area contributed by atoms with Crippen LogP contribution in [-0.4, -0.2) is 0 Å².